The first-order chi connectivity index (χ1) is 13.5. The van der Waals surface area contributed by atoms with E-state index in [0.29, 0.717) is 19.4 Å². The lowest BCUT2D eigenvalue weighted by molar-refractivity contribution is -0.147. The quantitative estimate of drug-likeness (QED) is 0.675. The van der Waals surface area contributed by atoms with Crippen molar-refractivity contribution in [3.63, 3.8) is 0 Å². The molecule has 148 valence electrons. The zero-order valence-electron chi connectivity index (χ0n) is 15.1. The van der Waals surface area contributed by atoms with Gasteiger partial charge in [-0.1, -0.05) is 30.3 Å². The Balaban J connectivity index is 1.67. The molecular weight excluding hydrogens is 366 g/mol. The molecule has 0 saturated carbocycles. The highest BCUT2D eigenvalue weighted by Crippen LogP contribution is 2.22. The van der Waals surface area contributed by atoms with Crippen LogP contribution in [0, 0.1) is 0 Å². The highest BCUT2D eigenvalue weighted by Gasteiger charge is 2.36. The molecule has 0 bridgehead atoms. The summed E-state index contributed by atoms with van der Waals surface area (Å²) in [6, 6.07) is 8.28. The normalized spacial score (nSPS) is 17.3. The second-order valence-corrected chi connectivity index (χ2v) is 6.45. The summed E-state index contributed by atoms with van der Waals surface area (Å²) in [5, 5.41) is 9.22. The third-order valence-corrected chi connectivity index (χ3v) is 4.58. The maximum atomic E-state index is 12.6. The zero-order chi connectivity index (χ0) is 20.1. The second kappa shape index (κ2) is 8.66. The predicted molar refractivity (Wildman–Crippen MR) is 96.2 cm³/mol. The lowest BCUT2D eigenvalue weighted by Gasteiger charge is -2.19. The maximum absolute atomic E-state index is 12.6. The maximum Gasteiger partial charge on any atom is 0.326 e. The van der Waals surface area contributed by atoms with Gasteiger partial charge in [0.05, 0.1) is 0 Å². The number of nitrogens with two attached hydrogens (primary N) is 1. The molecule has 28 heavy (non-hydrogen) atoms. The van der Waals surface area contributed by atoms with Crippen LogP contribution in [0.25, 0.3) is 0 Å². The molecule has 1 fully saturated rings. The number of hydrogen-bond acceptors (Lipinski definition) is 7. The molecular formula is C19H21N3O6. The zero-order valence-corrected chi connectivity index (χ0v) is 15.1. The van der Waals surface area contributed by atoms with Gasteiger partial charge in [-0.05, 0) is 18.4 Å². The average Bonchev–Trinajstić information content (AvgIpc) is 3.37. The SMILES string of the molecule is NC[C@@H](C(=O)OCc1ccccc1)c1nc(C(=O)N2CCC[C@@H]2C(=O)O)co1. The number of rotatable bonds is 7. The molecule has 1 aliphatic rings. The van der Waals surface area contributed by atoms with E-state index in [9.17, 15) is 19.5 Å². The Labute approximate surface area is 161 Å². The highest BCUT2D eigenvalue weighted by molar-refractivity contribution is 5.95. The van der Waals surface area contributed by atoms with Crippen molar-refractivity contribution in [2.24, 2.45) is 5.73 Å². The number of carbonyl (C=O) groups excluding carboxylic acids is 2. The number of oxazole rings is 1. The molecule has 1 aromatic heterocycles. The topological polar surface area (TPSA) is 136 Å². The van der Waals surface area contributed by atoms with Crippen molar-refractivity contribution in [2.75, 3.05) is 13.1 Å². The van der Waals surface area contributed by atoms with E-state index in [1.807, 2.05) is 30.3 Å². The summed E-state index contributed by atoms with van der Waals surface area (Å²) in [4.78, 5) is 41.5. The Bertz CT molecular complexity index is 850. The van der Waals surface area contributed by atoms with Gasteiger partial charge in [0.15, 0.2) is 5.69 Å². The largest absolute Gasteiger partial charge is 0.480 e. The number of nitrogens with zero attached hydrogens (tertiary/aromatic N) is 2. The van der Waals surface area contributed by atoms with Crippen LogP contribution in [0.5, 0.6) is 0 Å². The number of aromatic nitrogens is 1. The Morgan fingerprint density at radius 3 is 2.75 bits per heavy atom. The van der Waals surface area contributed by atoms with Gasteiger partial charge >= 0.3 is 11.9 Å². The number of amides is 1. The fourth-order valence-electron chi connectivity index (χ4n) is 3.09. The Morgan fingerprint density at radius 2 is 2.07 bits per heavy atom. The molecule has 9 nitrogen and oxygen atoms in total. The molecule has 3 rings (SSSR count). The van der Waals surface area contributed by atoms with E-state index in [1.165, 1.54) is 4.90 Å². The van der Waals surface area contributed by atoms with Crippen molar-refractivity contribution in [1.29, 1.82) is 0 Å². The molecule has 3 N–H and O–H groups in total. The van der Waals surface area contributed by atoms with E-state index in [-0.39, 0.29) is 24.7 Å². The monoisotopic (exact) mass is 387 g/mol. The van der Waals surface area contributed by atoms with Gasteiger partial charge in [0.1, 0.15) is 24.8 Å². The molecule has 1 aromatic carbocycles. The van der Waals surface area contributed by atoms with Crippen LogP contribution < -0.4 is 5.73 Å². The number of benzene rings is 1. The van der Waals surface area contributed by atoms with Gasteiger partial charge in [0, 0.05) is 13.1 Å². The van der Waals surface area contributed by atoms with Crippen molar-refractivity contribution in [3.05, 3.63) is 53.7 Å². The first kappa shape index (κ1) is 19.6. The van der Waals surface area contributed by atoms with E-state index in [0.717, 1.165) is 11.8 Å². The number of esters is 1. The average molecular weight is 387 g/mol. The summed E-state index contributed by atoms with van der Waals surface area (Å²) in [5.41, 5.74) is 6.43. The van der Waals surface area contributed by atoms with Crippen LogP contribution in [0.3, 0.4) is 0 Å². The molecule has 2 heterocycles. The summed E-state index contributed by atoms with van der Waals surface area (Å²) in [6.45, 7) is 0.303. The van der Waals surface area contributed by atoms with Crippen LogP contribution in [0.15, 0.2) is 41.0 Å². The van der Waals surface area contributed by atoms with Gasteiger partial charge in [-0.3, -0.25) is 9.59 Å². The molecule has 0 spiro atoms. The number of aliphatic carboxylic acids is 1. The number of carboxylic acids is 1. The van der Waals surface area contributed by atoms with Crippen molar-refractivity contribution < 1.29 is 28.6 Å². The summed E-state index contributed by atoms with van der Waals surface area (Å²) in [6.07, 6.45) is 2.11. The Hall–Kier alpha value is -3.20. The molecule has 9 heteroatoms. The van der Waals surface area contributed by atoms with Crippen LogP contribution in [-0.2, 0) is 20.9 Å². The molecule has 1 aliphatic heterocycles. The van der Waals surface area contributed by atoms with Gasteiger partial charge < -0.3 is 24.9 Å². The number of ether oxygens (including phenoxy) is 1. The third kappa shape index (κ3) is 4.20. The summed E-state index contributed by atoms with van der Waals surface area (Å²) in [7, 11) is 0. The predicted octanol–water partition coefficient (Wildman–Crippen LogP) is 1.15. The van der Waals surface area contributed by atoms with E-state index in [4.69, 9.17) is 14.9 Å². The number of hydrogen-bond donors (Lipinski definition) is 2. The van der Waals surface area contributed by atoms with Crippen LogP contribution in [0.1, 0.15) is 40.7 Å². The molecule has 2 aromatic rings. The van der Waals surface area contributed by atoms with Crippen LogP contribution in [0.2, 0.25) is 0 Å². The van der Waals surface area contributed by atoms with Gasteiger partial charge in [0.25, 0.3) is 5.91 Å². The van der Waals surface area contributed by atoms with Crippen molar-refractivity contribution in [3.8, 4) is 0 Å². The molecule has 1 amide bonds. The van der Waals surface area contributed by atoms with Crippen molar-refractivity contribution in [1.82, 2.24) is 9.88 Å². The lowest BCUT2D eigenvalue weighted by Crippen LogP contribution is -2.40. The van der Waals surface area contributed by atoms with Crippen molar-refractivity contribution in [2.45, 2.75) is 31.4 Å². The molecule has 2 atom stereocenters. The van der Waals surface area contributed by atoms with E-state index in [1.54, 1.807) is 0 Å². The summed E-state index contributed by atoms with van der Waals surface area (Å²) < 4.78 is 10.5. The first-order valence-electron chi connectivity index (χ1n) is 8.91. The van der Waals surface area contributed by atoms with Gasteiger partial charge in [-0.2, -0.15) is 0 Å². The molecule has 0 unspecified atom stereocenters. The number of carbonyl (C=O) groups is 3. The third-order valence-electron chi connectivity index (χ3n) is 4.58. The summed E-state index contributed by atoms with van der Waals surface area (Å²) in [5.74, 6) is -3.21. The first-order valence-corrected chi connectivity index (χ1v) is 8.91. The van der Waals surface area contributed by atoms with E-state index >= 15 is 0 Å². The fraction of sp³-hybridized carbons (Fsp3) is 0.368. The van der Waals surface area contributed by atoms with E-state index in [2.05, 4.69) is 4.98 Å². The number of carboxylic acid groups (broad SMARTS) is 1. The molecule has 0 aliphatic carbocycles. The van der Waals surface area contributed by atoms with Gasteiger partial charge in [0.2, 0.25) is 5.89 Å². The fourth-order valence-corrected chi connectivity index (χ4v) is 3.09. The van der Waals surface area contributed by atoms with Crippen LogP contribution in [0.4, 0.5) is 0 Å². The van der Waals surface area contributed by atoms with Gasteiger partial charge in [-0.15, -0.1) is 0 Å². The minimum absolute atomic E-state index is 0.0324. The second-order valence-electron chi connectivity index (χ2n) is 6.45. The van der Waals surface area contributed by atoms with E-state index < -0.39 is 29.8 Å². The van der Waals surface area contributed by atoms with Crippen molar-refractivity contribution >= 4 is 17.8 Å². The molecule has 1 saturated heterocycles. The smallest absolute Gasteiger partial charge is 0.326 e. The Morgan fingerprint density at radius 1 is 1.32 bits per heavy atom. The minimum Gasteiger partial charge on any atom is -0.480 e. The summed E-state index contributed by atoms with van der Waals surface area (Å²) >= 11 is 0. The highest BCUT2D eigenvalue weighted by atomic mass is 16.5. The Kier molecular flexibility index (Phi) is 6.05. The number of likely N-dealkylation sites (tertiary alicyclic amines) is 1. The van der Waals surface area contributed by atoms with Gasteiger partial charge in [-0.25, -0.2) is 9.78 Å². The lowest BCUT2D eigenvalue weighted by atomic mass is 10.1. The van der Waals surface area contributed by atoms with Crippen LogP contribution >= 0.6 is 0 Å². The van der Waals surface area contributed by atoms with Crippen LogP contribution in [-0.4, -0.2) is 52.0 Å². The molecule has 0 radical (unpaired) electrons. The minimum atomic E-state index is -1.06. The standard InChI is InChI=1S/C19H21N3O6/c20-9-13(19(26)28-10-12-5-2-1-3-6-12)16-21-14(11-27-16)17(23)22-8-4-7-15(22)18(24)25/h1-3,5-6,11,13,15H,4,7-10,20H2,(H,24,25)/t13-,15-/m1/s1.